The molecule has 2 aliphatic heterocycles. The van der Waals surface area contributed by atoms with E-state index >= 15 is 0 Å². The lowest BCUT2D eigenvalue weighted by Crippen LogP contribution is -2.60. The molecule has 0 saturated carbocycles. The zero-order chi connectivity index (χ0) is 31.2. The number of hydrogen-bond donors (Lipinski definition) is 0. The van der Waals surface area contributed by atoms with E-state index in [2.05, 4.69) is 180 Å². The highest BCUT2D eigenvalue weighted by Crippen LogP contribution is 2.43. The number of aryl methyl sites for hydroxylation is 2. The monoisotopic (exact) mass is 600 g/mol. The highest BCUT2D eigenvalue weighted by atomic mass is 15.2. The highest BCUT2D eigenvalue weighted by Gasteiger charge is 2.42. The fourth-order valence-corrected chi connectivity index (χ4v) is 8.30. The number of nitrogens with zero attached hydrogens (tertiary/aromatic N) is 3. The minimum absolute atomic E-state index is 0.130. The number of anilines is 3. The van der Waals surface area contributed by atoms with Crippen molar-refractivity contribution in [1.29, 1.82) is 0 Å². The average molecular weight is 601 g/mol. The van der Waals surface area contributed by atoms with Gasteiger partial charge in [0, 0.05) is 56.2 Å². The van der Waals surface area contributed by atoms with Gasteiger partial charge in [-0.15, -0.1) is 0 Å². The molecule has 0 bridgehead atoms. The Hall–Kier alpha value is -5.87. The fraction of sp³-hybridized carbons (Fsp3) is 0.0465. The van der Waals surface area contributed by atoms with Crippen LogP contribution in [0.2, 0.25) is 0 Å². The SMILES string of the molecule is Cc1ccccc1-c1ccc(-c2cc3c4c(c2)-n2c5ccccc5c5cccc(c52)B4c2ccccc2N3c2ccccc2)c[n+]1C. The van der Waals surface area contributed by atoms with E-state index in [1.165, 1.54) is 88.9 Å². The number of para-hydroxylation sites is 4. The van der Waals surface area contributed by atoms with Crippen LogP contribution in [0.1, 0.15) is 5.56 Å². The fourth-order valence-electron chi connectivity index (χ4n) is 8.30. The molecule has 0 radical (unpaired) electrons. The molecular formula is C43H31BN3+. The van der Waals surface area contributed by atoms with Crippen LogP contribution in [-0.2, 0) is 7.05 Å². The van der Waals surface area contributed by atoms with Gasteiger partial charge in [0.05, 0.1) is 5.52 Å². The summed E-state index contributed by atoms with van der Waals surface area (Å²) in [6, 6.07) is 53.7. The van der Waals surface area contributed by atoms with Gasteiger partial charge < -0.3 is 9.47 Å². The minimum atomic E-state index is 0.130. The van der Waals surface area contributed by atoms with Gasteiger partial charge in [-0.25, -0.2) is 4.57 Å². The van der Waals surface area contributed by atoms with Gasteiger partial charge in [0.25, 0.3) is 6.71 Å². The third-order valence-corrected chi connectivity index (χ3v) is 10.3. The molecule has 6 aromatic carbocycles. The molecule has 0 aliphatic carbocycles. The molecule has 8 aromatic rings. The Morgan fingerprint density at radius 2 is 1.30 bits per heavy atom. The van der Waals surface area contributed by atoms with Crippen LogP contribution in [0.4, 0.5) is 17.1 Å². The Morgan fingerprint density at radius 1 is 0.574 bits per heavy atom. The quantitative estimate of drug-likeness (QED) is 0.149. The van der Waals surface area contributed by atoms with Gasteiger partial charge in [-0.1, -0.05) is 91.0 Å². The maximum atomic E-state index is 2.54. The minimum Gasteiger partial charge on any atom is -0.311 e. The lowest BCUT2D eigenvalue weighted by atomic mass is 9.33. The van der Waals surface area contributed by atoms with Gasteiger partial charge in [-0.3, -0.25) is 0 Å². The zero-order valence-corrected chi connectivity index (χ0v) is 26.4. The van der Waals surface area contributed by atoms with Crippen molar-refractivity contribution < 1.29 is 4.57 Å². The molecule has 2 aromatic heterocycles. The lowest BCUT2D eigenvalue weighted by Gasteiger charge is -2.40. The molecule has 4 heterocycles. The van der Waals surface area contributed by atoms with Crippen molar-refractivity contribution in [3.05, 3.63) is 157 Å². The summed E-state index contributed by atoms with van der Waals surface area (Å²) in [7, 11) is 2.16. The Kier molecular flexibility index (Phi) is 5.51. The van der Waals surface area contributed by atoms with Gasteiger partial charge in [-0.05, 0) is 83.0 Å². The van der Waals surface area contributed by atoms with E-state index in [0.29, 0.717) is 0 Å². The molecule has 0 spiro atoms. The Labute approximate surface area is 274 Å². The topological polar surface area (TPSA) is 12.1 Å². The number of pyridine rings is 1. The molecule has 0 amide bonds. The number of benzene rings is 6. The van der Waals surface area contributed by atoms with E-state index in [4.69, 9.17) is 0 Å². The number of fused-ring (bicyclic) bond motifs is 7. The predicted octanol–water partition coefficient (Wildman–Crippen LogP) is 7.86. The first-order valence-electron chi connectivity index (χ1n) is 16.4. The van der Waals surface area contributed by atoms with Crippen molar-refractivity contribution in [3.8, 4) is 28.1 Å². The molecule has 47 heavy (non-hydrogen) atoms. The molecule has 2 aliphatic rings. The molecule has 4 heteroatoms. The molecule has 0 saturated heterocycles. The van der Waals surface area contributed by atoms with Crippen molar-refractivity contribution in [2.75, 3.05) is 4.90 Å². The van der Waals surface area contributed by atoms with E-state index in [1.807, 2.05) is 0 Å². The van der Waals surface area contributed by atoms with Gasteiger partial charge in [0.1, 0.15) is 7.05 Å². The number of hydrogen-bond acceptors (Lipinski definition) is 1. The maximum absolute atomic E-state index is 2.54. The maximum Gasteiger partial charge on any atom is 0.252 e. The summed E-state index contributed by atoms with van der Waals surface area (Å²) in [5, 5.41) is 2.61. The standard InChI is InChI=1S/C43H31BN3/c1-28-13-6-7-16-32(28)37-24-23-29(27-45(37)2)30-25-40-42-41(26-30)47-38-21-10-8-17-33(38)34-18-12-20-36(43(34)47)44(42)35-19-9-11-22-39(35)46(40)31-14-4-3-5-15-31/h3-27H,1-2H3/q+1. The van der Waals surface area contributed by atoms with Crippen LogP contribution >= 0.6 is 0 Å². The predicted molar refractivity (Wildman–Crippen MR) is 197 cm³/mol. The van der Waals surface area contributed by atoms with Gasteiger partial charge in [0.2, 0.25) is 5.69 Å². The van der Waals surface area contributed by atoms with Gasteiger partial charge >= 0.3 is 0 Å². The van der Waals surface area contributed by atoms with Crippen LogP contribution in [0.25, 0.3) is 49.9 Å². The summed E-state index contributed by atoms with van der Waals surface area (Å²) in [4.78, 5) is 2.48. The van der Waals surface area contributed by atoms with Crippen LogP contribution < -0.4 is 25.9 Å². The second-order valence-corrected chi connectivity index (χ2v) is 12.9. The number of rotatable bonds is 3. The zero-order valence-electron chi connectivity index (χ0n) is 26.4. The van der Waals surface area contributed by atoms with E-state index in [9.17, 15) is 0 Å². The van der Waals surface area contributed by atoms with Crippen molar-refractivity contribution in [2.45, 2.75) is 6.92 Å². The van der Waals surface area contributed by atoms with Crippen LogP contribution in [0.3, 0.4) is 0 Å². The van der Waals surface area contributed by atoms with E-state index < -0.39 is 0 Å². The largest absolute Gasteiger partial charge is 0.311 e. The molecule has 0 unspecified atom stereocenters. The van der Waals surface area contributed by atoms with E-state index in [-0.39, 0.29) is 6.71 Å². The van der Waals surface area contributed by atoms with Gasteiger partial charge in [-0.2, -0.15) is 0 Å². The van der Waals surface area contributed by atoms with Gasteiger partial charge in [0.15, 0.2) is 6.20 Å². The summed E-state index contributed by atoms with van der Waals surface area (Å²) in [5.41, 5.74) is 17.7. The van der Waals surface area contributed by atoms with Crippen LogP contribution in [-0.4, -0.2) is 11.3 Å². The Balaban J connectivity index is 1.31. The normalized spacial score (nSPS) is 12.8. The van der Waals surface area contributed by atoms with Crippen LogP contribution in [0.15, 0.2) is 152 Å². The summed E-state index contributed by atoms with van der Waals surface area (Å²) in [6.45, 7) is 2.31. The average Bonchev–Trinajstić information content (AvgIpc) is 3.46. The molecule has 0 fully saturated rings. The lowest BCUT2D eigenvalue weighted by molar-refractivity contribution is -0.659. The second-order valence-electron chi connectivity index (χ2n) is 12.9. The molecule has 220 valence electrons. The summed E-state index contributed by atoms with van der Waals surface area (Å²) in [5.74, 6) is 0. The smallest absolute Gasteiger partial charge is 0.252 e. The first-order valence-corrected chi connectivity index (χ1v) is 16.4. The van der Waals surface area contributed by atoms with E-state index in [0.717, 1.165) is 0 Å². The summed E-state index contributed by atoms with van der Waals surface area (Å²) in [6.07, 6.45) is 2.29. The molecule has 0 atom stereocenters. The first-order chi connectivity index (χ1) is 23.2. The summed E-state index contributed by atoms with van der Waals surface area (Å²) < 4.78 is 4.81. The molecular weight excluding hydrogens is 569 g/mol. The number of aromatic nitrogens is 2. The Morgan fingerprint density at radius 3 is 2.17 bits per heavy atom. The van der Waals surface area contributed by atoms with Crippen LogP contribution in [0, 0.1) is 6.92 Å². The van der Waals surface area contributed by atoms with Crippen molar-refractivity contribution in [1.82, 2.24) is 4.57 Å². The summed E-state index contributed by atoms with van der Waals surface area (Å²) >= 11 is 0. The molecule has 3 nitrogen and oxygen atoms in total. The van der Waals surface area contributed by atoms with Crippen molar-refractivity contribution in [3.63, 3.8) is 0 Å². The highest BCUT2D eigenvalue weighted by molar-refractivity contribution is 7.00. The van der Waals surface area contributed by atoms with E-state index in [1.54, 1.807) is 0 Å². The third-order valence-electron chi connectivity index (χ3n) is 10.3. The molecule has 10 rings (SSSR count). The second kappa shape index (κ2) is 9.82. The van der Waals surface area contributed by atoms with Crippen molar-refractivity contribution >= 4 is 62.0 Å². The van der Waals surface area contributed by atoms with Crippen LogP contribution in [0.5, 0.6) is 0 Å². The van der Waals surface area contributed by atoms with Crippen molar-refractivity contribution in [2.24, 2.45) is 7.05 Å². The third kappa shape index (κ3) is 3.67. The first kappa shape index (κ1) is 26.4. The molecule has 0 N–H and O–H groups in total. The Bertz CT molecular complexity index is 2560.